The lowest BCUT2D eigenvalue weighted by atomic mass is 10.2. The largest absolute Gasteiger partial charge is 0.508 e. The van der Waals surface area contributed by atoms with E-state index in [0.717, 1.165) is 25.7 Å². The third-order valence-corrected chi connectivity index (χ3v) is 2.82. The van der Waals surface area contributed by atoms with E-state index in [2.05, 4.69) is 0 Å². The van der Waals surface area contributed by atoms with E-state index < -0.39 is 6.16 Å². The molecule has 0 unspecified atom stereocenters. The minimum Gasteiger partial charge on any atom is -0.431 e. The highest BCUT2D eigenvalue weighted by atomic mass is 16.7. The molecule has 0 aromatic carbocycles. The molecule has 3 heteroatoms. The van der Waals surface area contributed by atoms with Gasteiger partial charge in [0.2, 0.25) is 0 Å². The summed E-state index contributed by atoms with van der Waals surface area (Å²) in [5, 5.41) is 0. The van der Waals surface area contributed by atoms with Gasteiger partial charge in [0.05, 0.1) is 0 Å². The van der Waals surface area contributed by atoms with E-state index in [1.54, 1.807) is 0 Å². The first kappa shape index (κ1) is 12.3. The average Bonchev–Trinajstić information content (AvgIpc) is 2.46. The van der Waals surface area contributed by atoms with Gasteiger partial charge in [-0.2, -0.15) is 0 Å². The predicted molar refractivity (Wildman–Crippen MR) is 58.5 cm³/mol. The van der Waals surface area contributed by atoms with E-state index in [1.165, 1.54) is 12.8 Å². The Labute approximate surface area is 92.1 Å². The summed E-state index contributed by atoms with van der Waals surface area (Å²) in [6.07, 6.45) is 8.02. The first-order chi connectivity index (χ1) is 7.22. The van der Waals surface area contributed by atoms with Gasteiger partial charge < -0.3 is 9.47 Å². The van der Waals surface area contributed by atoms with Crippen molar-refractivity contribution >= 4 is 6.16 Å². The molecule has 3 nitrogen and oxygen atoms in total. The molecule has 0 saturated heterocycles. The molecule has 0 heterocycles. The van der Waals surface area contributed by atoms with Crippen molar-refractivity contribution in [1.29, 1.82) is 0 Å². The predicted octanol–water partition coefficient (Wildman–Crippen LogP) is 3.48. The number of rotatable bonds is 3. The van der Waals surface area contributed by atoms with Crippen LogP contribution < -0.4 is 0 Å². The molecule has 0 amide bonds. The third-order valence-electron chi connectivity index (χ3n) is 2.82. The van der Waals surface area contributed by atoms with Crippen molar-refractivity contribution in [2.45, 2.75) is 64.6 Å². The molecule has 1 rings (SSSR count). The highest BCUT2D eigenvalue weighted by molar-refractivity contribution is 5.60. The van der Waals surface area contributed by atoms with Gasteiger partial charge in [0.15, 0.2) is 0 Å². The molecular weight excluding hydrogens is 192 g/mol. The second-order valence-corrected chi connectivity index (χ2v) is 4.14. The van der Waals surface area contributed by atoms with Crippen LogP contribution in [0.25, 0.3) is 0 Å². The lowest BCUT2D eigenvalue weighted by Crippen LogP contribution is -2.21. The van der Waals surface area contributed by atoms with Crippen LogP contribution in [0.2, 0.25) is 0 Å². The van der Waals surface area contributed by atoms with E-state index in [-0.39, 0.29) is 12.2 Å². The average molecular weight is 213 g/mol. The van der Waals surface area contributed by atoms with E-state index in [1.807, 2.05) is 20.3 Å². The van der Waals surface area contributed by atoms with Gasteiger partial charge in [0, 0.05) is 0 Å². The summed E-state index contributed by atoms with van der Waals surface area (Å²) in [5.74, 6) is 0. The van der Waals surface area contributed by atoms with Crippen LogP contribution in [-0.4, -0.2) is 18.4 Å². The fraction of sp³-hybridized carbons (Fsp3) is 0.833. The van der Waals surface area contributed by atoms with Crippen molar-refractivity contribution in [1.82, 2.24) is 0 Å². The normalized spacial score (nSPS) is 20.4. The van der Waals surface area contributed by atoms with Crippen molar-refractivity contribution in [2.75, 3.05) is 0 Å². The van der Waals surface area contributed by atoms with E-state index in [4.69, 9.17) is 9.47 Å². The lowest BCUT2D eigenvalue weighted by molar-refractivity contribution is 0.00573. The second kappa shape index (κ2) is 6.70. The van der Waals surface area contributed by atoms with Gasteiger partial charge in [0.25, 0.3) is 0 Å². The molecule has 0 spiro atoms. The van der Waals surface area contributed by atoms with Crippen LogP contribution in [0.1, 0.15) is 52.4 Å². The summed E-state index contributed by atoms with van der Waals surface area (Å²) < 4.78 is 10.3. The van der Waals surface area contributed by atoms with Crippen molar-refractivity contribution < 1.29 is 14.3 Å². The zero-order valence-electron chi connectivity index (χ0n) is 9.70. The summed E-state index contributed by atoms with van der Waals surface area (Å²) in [4.78, 5) is 11.3. The molecule has 1 saturated carbocycles. The fourth-order valence-corrected chi connectivity index (χ4v) is 1.74. The van der Waals surface area contributed by atoms with Crippen molar-refractivity contribution in [3.05, 3.63) is 6.42 Å². The first-order valence-corrected chi connectivity index (χ1v) is 5.89. The van der Waals surface area contributed by atoms with Crippen molar-refractivity contribution in [3.63, 3.8) is 0 Å². The van der Waals surface area contributed by atoms with Gasteiger partial charge in [0.1, 0.15) is 12.2 Å². The maximum Gasteiger partial charge on any atom is 0.508 e. The summed E-state index contributed by atoms with van der Waals surface area (Å²) in [5.41, 5.74) is 0. The minimum absolute atomic E-state index is 0.0732. The van der Waals surface area contributed by atoms with Crippen molar-refractivity contribution in [2.24, 2.45) is 0 Å². The zero-order valence-corrected chi connectivity index (χ0v) is 9.70. The van der Waals surface area contributed by atoms with Crippen LogP contribution in [0.15, 0.2) is 0 Å². The Hall–Kier alpha value is -0.730. The molecule has 15 heavy (non-hydrogen) atoms. The summed E-state index contributed by atoms with van der Waals surface area (Å²) in [7, 11) is 0. The molecule has 0 aromatic heterocycles. The van der Waals surface area contributed by atoms with Crippen LogP contribution in [0.4, 0.5) is 4.79 Å². The van der Waals surface area contributed by atoms with Gasteiger partial charge in [-0.1, -0.05) is 19.8 Å². The Morgan fingerprint density at radius 3 is 2.40 bits per heavy atom. The highest BCUT2D eigenvalue weighted by Gasteiger charge is 2.18. The molecular formula is C12H21O3. The Bertz CT molecular complexity index is 183. The van der Waals surface area contributed by atoms with Gasteiger partial charge in [-0.25, -0.2) is 4.79 Å². The van der Waals surface area contributed by atoms with Crippen LogP contribution in [0.3, 0.4) is 0 Å². The molecule has 0 aromatic rings. The van der Waals surface area contributed by atoms with Crippen LogP contribution in [0, 0.1) is 6.42 Å². The smallest absolute Gasteiger partial charge is 0.431 e. The Morgan fingerprint density at radius 2 is 1.87 bits per heavy atom. The Morgan fingerprint density at radius 1 is 1.27 bits per heavy atom. The Balaban J connectivity index is 2.23. The number of carbonyl (C=O) groups is 1. The minimum atomic E-state index is -0.521. The first-order valence-electron chi connectivity index (χ1n) is 5.89. The maximum absolute atomic E-state index is 11.3. The number of ether oxygens (including phenoxy) is 2. The standard InChI is InChI=1S/C12H21O3/c1-3-10(2)14-12(13)15-11-8-6-4-5-7-9-11/h3,10-11H,4-9H2,1-2H3/t10-/m0/s1. The summed E-state index contributed by atoms with van der Waals surface area (Å²) >= 11 is 0. The molecule has 87 valence electrons. The third kappa shape index (κ3) is 5.05. The number of carbonyl (C=O) groups excluding carboxylic acids is 1. The molecule has 0 aliphatic heterocycles. The van der Waals surface area contributed by atoms with Crippen LogP contribution in [0.5, 0.6) is 0 Å². The molecule has 1 atom stereocenters. The molecule has 1 aliphatic carbocycles. The molecule has 0 N–H and O–H groups in total. The summed E-state index contributed by atoms with van der Waals surface area (Å²) in [6, 6.07) is 0. The molecule has 0 bridgehead atoms. The van der Waals surface area contributed by atoms with Crippen LogP contribution >= 0.6 is 0 Å². The Kier molecular flexibility index (Phi) is 5.51. The summed E-state index contributed by atoms with van der Waals surface area (Å²) in [6.45, 7) is 3.69. The molecule has 1 radical (unpaired) electrons. The van der Waals surface area contributed by atoms with Crippen LogP contribution in [-0.2, 0) is 9.47 Å². The lowest BCUT2D eigenvalue weighted by Gasteiger charge is -2.17. The van der Waals surface area contributed by atoms with Gasteiger partial charge >= 0.3 is 6.16 Å². The molecule has 1 aliphatic rings. The quantitative estimate of drug-likeness (QED) is 0.532. The SMILES string of the molecule is C[CH][C@H](C)OC(=O)OC1CCCCCC1. The van der Waals surface area contributed by atoms with Gasteiger partial charge in [-0.3, -0.25) is 0 Å². The van der Waals surface area contributed by atoms with E-state index >= 15 is 0 Å². The fourth-order valence-electron chi connectivity index (χ4n) is 1.74. The van der Waals surface area contributed by atoms with E-state index in [0.29, 0.717) is 0 Å². The van der Waals surface area contributed by atoms with E-state index in [9.17, 15) is 4.79 Å². The topological polar surface area (TPSA) is 35.5 Å². The number of hydrogen-bond acceptors (Lipinski definition) is 3. The van der Waals surface area contributed by atoms with Gasteiger partial charge in [-0.15, -0.1) is 0 Å². The number of hydrogen-bond donors (Lipinski definition) is 0. The highest BCUT2D eigenvalue weighted by Crippen LogP contribution is 2.20. The van der Waals surface area contributed by atoms with Gasteiger partial charge in [-0.05, 0) is 39.0 Å². The van der Waals surface area contributed by atoms with Crippen molar-refractivity contribution in [3.8, 4) is 0 Å². The monoisotopic (exact) mass is 213 g/mol. The zero-order chi connectivity index (χ0) is 11.1. The maximum atomic E-state index is 11.3. The molecule has 1 fully saturated rings. The second-order valence-electron chi connectivity index (χ2n) is 4.14.